The van der Waals surface area contributed by atoms with E-state index in [1.807, 2.05) is 6.92 Å². The monoisotopic (exact) mass is 391 g/mol. The highest BCUT2D eigenvalue weighted by Gasteiger charge is 2.16. The number of rotatable bonds is 10. The summed E-state index contributed by atoms with van der Waals surface area (Å²) in [5.74, 6) is -0.231. The van der Waals surface area contributed by atoms with Crippen molar-refractivity contribution in [1.29, 1.82) is 0 Å². The molecule has 0 unspecified atom stereocenters. The van der Waals surface area contributed by atoms with Gasteiger partial charge in [-0.1, -0.05) is 19.1 Å². The van der Waals surface area contributed by atoms with Crippen LogP contribution in [0.4, 0.5) is 0 Å². The molecule has 0 fully saturated rings. The number of amides is 1. The van der Waals surface area contributed by atoms with Gasteiger partial charge in [-0.15, -0.1) is 0 Å². The van der Waals surface area contributed by atoms with E-state index in [1.54, 1.807) is 12.1 Å². The van der Waals surface area contributed by atoms with Gasteiger partial charge in [-0.3, -0.25) is 4.79 Å². The van der Waals surface area contributed by atoms with E-state index < -0.39 is 20.0 Å². The van der Waals surface area contributed by atoms with Crippen LogP contribution < -0.4 is 10.5 Å². The van der Waals surface area contributed by atoms with E-state index in [4.69, 9.17) is 5.14 Å². The minimum atomic E-state index is -3.71. The van der Waals surface area contributed by atoms with E-state index in [0.717, 1.165) is 11.8 Å². The van der Waals surface area contributed by atoms with Crippen molar-refractivity contribution in [2.45, 2.75) is 31.1 Å². The lowest BCUT2D eigenvalue weighted by Crippen LogP contribution is -2.35. The first-order chi connectivity index (χ1) is 11.5. The van der Waals surface area contributed by atoms with Crippen molar-refractivity contribution in [3.63, 3.8) is 0 Å². The Kier molecular flexibility index (Phi) is 8.00. The summed E-state index contributed by atoms with van der Waals surface area (Å²) in [6.45, 7) is 2.80. The van der Waals surface area contributed by atoms with Crippen LogP contribution in [0.1, 0.15) is 25.3 Å². The summed E-state index contributed by atoms with van der Waals surface area (Å²) in [4.78, 5) is 11.9. The average molecular weight is 392 g/mol. The number of nitrogens with one attached hydrogen (secondary N) is 1. The molecule has 142 valence electrons. The van der Waals surface area contributed by atoms with E-state index >= 15 is 0 Å². The predicted molar refractivity (Wildman–Crippen MR) is 95.9 cm³/mol. The van der Waals surface area contributed by atoms with Gasteiger partial charge in [0, 0.05) is 26.1 Å². The van der Waals surface area contributed by atoms with Gasteiger partial charge in [0.25, 0.3) is 0 Å². The number of carbonyl (C=O) groups is 1. The van der Waals surface area contributed by atoms with E-state index in [1.165, 1.54) is 16.4 Å². The molecule has 0 bridgehead atoms. The Morgan fingerprint density at radius 1 is 1.12 bits per heavy atom. The van der Waals surface area contributed by atoms with Crippen molar-refractivity contribution in [3.05, 3.63) is 29.8 Å². The second kappa shape index (κ2) is 9.27. The third-order valence-electron chi connectivity index (χ3n) is 3.52. The number of benzene rings is 1. The molecule has 1 amide bonds. The van der Waals surface area contributed by atoms with Crippen LogP contribution in [0.15, 0.2) is 29.2 Å². The summed E-state index contributed by atoms with van der Waals surface area (Å²) >= 11 is 0. The van der Waals surface area contributed by atoms with Crippen molar-refractivity contribution in [2.24, 2.45) is 5.14 Å². The fourth-order valence-electron chi connectivity index (χ4n) is 2.20. The maximum atomic E-state index is 11.8. The molecule has 0 aliphatic rings. The molecule has 0 aliphatic carbocycles. The zero-order valence-electron chi connectivity index (χ0n) is 14.4. The molecule has 3 N–H and O–H groups in total. The van der Waals surface area contributed by atoms with Gasteiger partial charge in [0.2, 0.25) is 26.0 Å². The predicted octanol–water partition coefficient (Wildman–Crippen LogP) is 0.0544. The molecule has 1 aromatic rings. The van der Waals surface area contributed by atoms with Gasteiger partial charge in [0.05, 0.1) is 11.2 Å². The van der Waals surface area contributed by atoms with Crippen LogP contribution in [0, 0.1) is 0 Å². The van der Waals surface area contributed by atoms with E-state index in [9.17, 15) is 21.6 Å². The van der Waals surface area contributed by atoms with Gasteiger partial charge >= 0.3 is 0 Å². The highest BCUT2D eigenvalue weighted by Crippen LogP contribution is 2.09. The lowest BCUT2D eigenvalue weighted by molar-refractivity contribution is -0.121. The molecule has 0 atom stereocenters. The topological polar surface area (TPSA) is 127 Å². The van der Waals surface area contributed by atoms with Crippen LogP contribution in [0.2, 0.25) is 0 Å². The third kappa shape index (κ3) is 7.95. The number of nitrogens with two attached hydrogens (primary N) is 1. The first kappa shape index (κ1) is 21.6. The van der Waals surface area contributed by atoms with E-state index in [0.29, 0.717) is 25.9 Å². The van der Waals surface area contributed by atoms with Gasteiger partial charge in [0.1, 0.15) is 0 Å². The maximum Gasteiger partial charge on any atom is 0.238 e. The van der Waals surface area contributed by atoms with Crippen LogP contribution in [-0.4, -0.2) is 52.9 Å². The first-order valence-corrected chi connectivity index (χ1v) is 11.3. The molecular weight excluding hydrogens is 366 g/mol. The van der Waals surface area contributed by atoms with Gasteiger partial charge in [-0.25, -0.2) is 26.3 Å². The molecule has 10 heteroatoms. The van der Waals surface area contributed by atoms with Gasteiger partial charge in [-0.2, -0.15) is 0 Å². The van der Waals surface area contributed by atoms with E-state index in [-0.39, 0.29) is 23.8 Å². The molecule has 0 aromatic heterocycles. The zero-order valence-corrected chi connectivity index (χ0v) is 16.1. The second-order valence-electron chi connectivity index (χ2n) is 5.70. The minimum absolute atomic E-state index is 0.0390. The summed E-state index contributed by atoms with van der Waals surface area (Å²) in [7, 11) is -7.02. The highest BCUT2D eigenvalue weighted by molar-refractivity contribution is 7.89. The van der Waals surface area contributed by atoms with Crippen LogP contribution in [0.3, 0.4) is 0 Å². The largest absolute Gasteiger partial charge is 0.356 e. The normalized spacial score (nSPS) is 12.3. The highest BCUT2D eigenvalue weighted by atomic mass is 32.2. The number of hydrogen-bond acceptors (Lipinski definition) is 5. The maximum absolute atomic E-state index is 11.8. The molecule has 0 aliphatic heterocycles. The molecule has 0 radical (unpaired) electrons. The molecule has 0 heterocycles. The van der Waals surface area contributed by atoms with Crippen molar-refractivity contribution in [1.82, 2.24) is 9.62 Å². The molecule has 1 rings (SSSR count). The van der Waals surface area contributed by atoms with Crippen molar-refractivity contribution < 1.29 is 21.6 Å². The number of sulfonamides is 2. The lowest BCUT2D eigenvalue weighted by Gasteiger charge is -2.18. The van der Waals surface area contributed by atoms with Crippen molar-refractivity contribution >= 4 is 26.0 Å². The zero-order chi connectivity index (χ0) is 19.1. The summed E-state index contributed by atoms with van der Waals surface area (Å²) in [5, 5.41) is 7.75. The molecule has 0 saturated carbocycles. The Hall–Kier alpha value is -1.49. The Morgan fingerprint density at radius 3 is 2.20 bits per heavy atom. The number of hydrogen-bond donors (Lipinski definition) is 2. The lowest BCUT2D eigenvalue weighted by atomic mass is 10.1. The molecular formula is C15H25N3O5S2. The molecule has 1 aromatic carbocycles. The van der Waals surface area contributed by atoms with Crippen molar-refractivity contribution in [2.75, 3.05) is 25.9 Å². The summed E-state index contributed by atoms with van der Waals surface area (Å²) in [5.41, 5.74) is 0.858. The minimum Gasteiger partial charge on any atom is -0.356 e. The van der Waals surface area contributed by atoms with Gasteiger partial charge in [0.15, 0.2) is 0 Å². The Balaban J connectivity index is 2.42. The van der Waals surface area contributed by atoms with Crippen LogP contribution >= 0.6 is 0 Å². The van der Waals surface area contributed by atoms with Crippen molar-refractivity contribution in [3.8, 4) is 0 Å². The summed E-state index contributed by atoms with van der Waals surface area (Å²) in [6, 6.07) is 6.11. The van der Waals surface area contributed by atoms with Gasteiger partial charge in [-0.05, 0) is 30.5 Å². The number of carbonyl (C=O) groups excluding carboxylic acids is 1. The Labute approximate surface area is 149 Å². The average Bonchev–Trinajstić information content (AvgIpc) is 2.50. The molecule has 0 saturated heterocycles. The van der Waals surface area contributed by atoms with Crippen LogP contribution in [-0.2, 0) is 31.3 Å². The second-order valence-corrected chi connectivity index (χ2v) is 9.24. The summed E-state index contributed by atoms with van der Waals surface area (Å²) in [6.07, 6.45) is 2.44. The molecule has 8 nitrogen and oxygen atoms in total. The fourth-order valence-corrected chi connectivity index (χ4v) is 3.65. The number of primary sulfonamides is 1. The van der Waals surface area contributed by atoms with Crippen LogP contribution in [0.25, 0.3) is 0 Å². The molecule has 25 heavy (non-hydrogen) atoms. The van der Waals surface area contributed by atoms with Crippen LogP contribution in [0.5, 0.6) is 0 Å². The quantitative estimate of drug-likeness (QED) is 0.583. The standard InChI is InChI=1S/C15H25N3O5S2/c1-3-11-18(24(2,20)21)12-9-15(19)17-10-8-13-4-6-14(7-5-13)25(16,22)23/h4-7H,3,8-12H2,1-2H3,(H,17,19)(H2,16,22,23). The summed E-state index contributed by atoms with van der Waals surface area (Å²) < 4.78 is 46.8. The SMILES string of the molecule is CCCN(CCC(=O)NCCc1ccc(S(N)(=O)=O)cc1)S(C)(=O)=O. The first-order valence-electron chi connectivity index (χ1n) is 7.87. The smallest absolute Gasteiger partial charge is 0.238 e. The number of nitrogens with zero attached hydrogens (tertiary/aromatic N) is 1. The third-order valence-corrected chi connectivity index (χ3v) is 5.75. The van der Waals surface area contributed by atoms with E-state index in [2.05, 4.69) is 5.32 Å². The van der Waals surface area contributed by atoms with Gasteiger partial charge < -0.3 is 5.32 Å². The Morgan fingerprint density at radius 2 is 1.72 bits per heavy atom. The Bertz CT molecular complexity index is 774. The fraction of sp³-hybridized carbons (Fsp3) is 0.533. The molecule has 0 spiro atoms.